The molecule has 40 heavy (non-hydrogen) atoms. The van der Waals surface area contributed by atoms with E-state index in [2.05, 4.69) is 41.6 Å². The number of benzene rings is 4. The normalized spacial score (nSPS) is 11.5. The zero-order valence-electron chi connectivity index (χ0n) is 23.8. The molecule has 3 N–H and O–H groups in total. The lowest BCUT2D eigenvalue weighted by molar-refractivity contribution is -0.477. The number of phenols is 3. The van der Waals surface area contributed by atoms with Crippen molar-refractivity contribution in [2.24, 2.45) is 4.99 Å². The molecule has 0 unspecified atom stereocenters. The zero-order chi connectivity index (χ0) is 28.5. The first-order valence-electron chi connectivity index (χ1n) is 13.0. The molecule has 7 heteroatoms. The van der Waals surface area contributed by atoms with Crippen LogP contribution in [-0.2, 0) is 0 Å². The summed E-state index contributed by atoms with van der Waals surface area (Å²) in [6.07, 6.45) is 3.58. The molecule has 0 saturated heterocycles. The fraction of sp³-hybridized carbons (Fsp3) is 0.212. The molecule has 5 rings (SSSR count). The van der Waals surface area contributed by atoms with Crippen LogP contribution in [0.25, 0.3) is 0 Å². The molecule has 1 aliphatic rings. The Balaban J connectivity index is 0.000000370. The van der Waals surface area contributed by atoms with Gasteiger partial charge in [-0.2, -0.15) is 4.58 Å². The number of hydrogen-bond acceptors (Lipinski definition) is 5. The molecule has 0 fully saturated rings. The number of aliphatic imine (C=N–C) groups is 1. The average Bonchev–Trinajstić information content (AvgIpc) is 2.91. The molecule has 0 spiro atoms. The summed E-state index contributed by atoms with van der Waals surface area (Å²) in [4.78, 5) is 4.38. The molecule has 212 valence electrons. The van der Waals surface area contributed by atoms with Gasteiger partial charge in [-0.15, -0.1) is 0 Å². The van der Waals surface area contributed by atoms with Gasteiger partial charge in [0.2, 0.25) is 5.69 Å². The van der Waals surface area contributed by atoms with E-state index in [1.165, 1.54) is 29.3 Å². The summed E-state index contributed by atoms with van der Waals surface area (Å²) in [6, 6.07) is 21.7. The Labute approximate surface area is 237 Å². The number of fused-ring (bicyclic) bond motifs is 1. The van der Waals surface area contributed by atoms with E-state index in [0.29, 0.717) is 12.3 Å². The van der Waals surface area contributed by atoms with Crippen molar-refractivity contribution >= 4 is 23.8 Å². The van der Waals surface area contributed by atoms with Crippen molar-refractivity contribution in [3.8, 4) is 23.0 Å². The van der Waals surface area contributed by atoms with Crippen molar-refractivity contribution in [1.29, 1.82) is 0 Å². The first kappa shape index (κ1) is 31.6. The molecular formula is C33H40FN2O4+. The number of nitrogens with zero attached hydrogens (tertiary/aromatic N) is 2. The molecule has 0 saturated carbocycles. The molecule has 1 aliphatic heterocycles. The third kappa shape index (κ3) is 7.69. The minimum atomic E-state index is 0. The van der Waals surface area contributed by atoms with Gasteiger partial charge in [-0.1, -0.05) is 50.2 Å². The molecule has 4 aromatic carbocycles. The van der Waals surface area contributed by atoms with Gasteiger partial charge in [0.25, 0.3) is 6.73 Å². The minimum Gasteiger partial charge on any atom is -0.508 e. The minimum absolute atomic E-state index is 0. The van der Waals surface area contributed by atoms with Crippen LogP contribution in [0.3, 0.4) is 0 Å². The first-order chi connectivity index (χ1) is 18.7. The highest BCUT2D eigenvalue weighted by molar-refractivity contribution is 5.86. The van der Waals surface area contributed by atoms with Crippen LogP contribution in [0, 0.1) is 27.7 Å². The number of ether oxygens (including phenoxy) is 1. The van der Waals surface area contributed by atoms with Crippen molar-refractivity contribution in [3.63, 3.8) is 0 Å². The maximum atomic E-state index is 9.65. The lowest BCUT2D eigenvalue weighted by Gasteiger charge is -2.15. The predicted molar refractivity (Wildman–Crippen MR) is 164 cm³/mol. The molecule has 0 amide bonds. The number of phenolic OH excluding ortho intramolecular Hbond substituents is 3. The first-order valence-corrected chi connectivity index (χ1v) is 13.0. The number of halogens is 1. The third-order valence-electron chi connectivity index (χ3n) is 6.16. The van der Waals surface area contributed by atoms with E-state index >= 15 is 0 Å². The smallest absolute Gasteiger partial charge is 0.292 e. The average molecular weight is 550 g/mol. The SMILES string of the molecule is CC.Cc1cccc(C)c1N=Cc1cc(O)ccc1O.Cc1cccc(C)c1[N+]1=Cc2cc(O)ccc2OC1.F.[3HH]. The van der Waals surface area contributed by atoms with Gasteiger partial charge in [-0.3, -0.25) is 9.70 Å². The van der Waals surface area contributed by atoms with Crippen LogP contribution in [-0.4, -0.2) is 39.1 Å². The van der Waals surface area contributed by atoms with Gasteiger partial charge in [0, 0.05) is 24.3 Å². The number of aromatic hydroxyl groups is 3. The number of para-hydroxylation sites is 2. The van der Waals surface area contributed by atoms with Crippen molar-refractivity contribution in [2.75, 3.05) is 6.73 Å². The standard InChI is InChI=1S/C16H15NO2.C15H15NO2.C2H6.FH.H2/c1-11-4-3-5-12(2)16(11)17-9-13-8-14(18)6-7-15(13)19-10-17;1-10-4-3-5-11(2)15(10)16-9-12-8-13(17)6-7-14(12)18;1-2;;/h3-9H,10H2,1-2H3;3-9,17-18H,1-2H3;1-2H3;2*1H/p+1/i;;;;1+2. The number of aryl methyl sites for hydroxylation is 4. The van der Waals surface area contributed by atoms with Crippen molar-refractivity contribution < 1.29 is 30.8 Å². The molecular weight excluding hydrogens is 507 g/mol. The van der Waals surface area contributed by atoms with Crippen LogP contribution in [0.15, 0.2) is 77.8 Å². The summed E-state index contributed by atoms with van der Waals surface area (Å²) in [5.74, 6) is 1.26. The van der Waals surface area contributed by atoms with Gasteiger partial charge in [-0.05, 0) is 75.2 Å². The van der Waals surface area contributed by atoms with Gasteiger partial charge >= 0.3 is 0 Å². The van der Waals surface area contributed by atoms with Crippen molar-refractivity contribution in [2.45, 2.75) is 41.5 Å². The molecule has 6 nitrogen and oxygen atoms in total. The monoisotopic (exact) mass is 549 g/mol. The Bertz CT molecular complexity index is 1480. The maximum Gasteiger partial charge on any atom is 0.292 e. The zero-order valence-corrected chi connectivity index (χ0v) is 23.8. The molecule has 0 aliphatic carbocycles. The lowest BCUT2D eigenvalue weighted by Crippen LogP contribution is -2.21. The van der Waals surface area contributed by atoms with Crippen LogP contribution in [0.2, 0.25) is 0 Å². The summed E-state index contributed by atoms with van der Waals surface area (Å²) in [6.45, 7) is 12.6. The second-order valence-electron chi connectivity index (χ2n) is 9.08. The molecule has 0 atom stereocenters. The van der Waals surface area contributed by atoms with Crippen molar-refractivity contribution in [3.05, 3.63) is 106 Å². The molecule has 0 aromatic heterocycles. The fourth-order valence-corrected chi connectivity index (χ4v) is 4.29. The van der Waals surface area contributed by atoms with Crippen LogP contribution >= 0.6 is 0 Å². The fourth-order valence-electron chi connectivity index (χ4n) is 4.29. The summed E-state index contributed by atoms with van der Waals surface area (Å²) in [5.41, 5.74) is 8.02. The Morgan fingerprint density at radius 2 is 1.32 bits per heavy atom. The molecule has 0 radical (unpaired) electrons. The van der Waals surface area contributed by atoms with E-state index in [0.717, 1.165) is 33.8 Å². The van der Waals surface area contributed by atoms with E-state index in [-0.39, 0.29) is 23.4 Å². The lowest BCUT2D eigenvalue weighted by atomic mass is 10.1. The molecule has 1 heterocycles. The second kappa shape index (κ2) is 14.5. The van der Waals surface area contributed by atoms with E-state index in [1.54, 1.807) is 24.4 Å². The molecule has 4 aromatic rings. The topological polar surface area (TPSA) is 85.3 Å². The maximum absolute atomic E-state index is 9.65. The van der Waals surface area contributed by atoms with E-state index in [1.807, 2.05) is 52.1 Å². The van der Waals surface area contributed by atoms with Crippen LogP contribution < -0.4 is 4.74 Å². The van der Waals surface area contributed by atoms with Gasteiger partial charge < -0.3 is 20.1 Å². The number of hydrogen-bond donors (Lipinski definition) is 3. The molecule has 0 bridgehead atoms. The summed E-state index contributed by atoms with van der Waals surface area (Å²) < 4.78 is 7.81. The highest BCUT2D eigenvalue weighted by Crippen LogP contribution is 2.29. The third-order valence-corrected chi connectivity index (χ3v) is 6.16. The number of rotatable bonds is 3. The van der Waals surface area contributed by atoms with Crippen LogP contribution in [0.4, 0.5) is 16.1 Å². The Hall–Kier alpha value is -4.65. The van der Waals surface area contributed by atoms with Crippen molar-refractivity contribution in [1.82, 2.24) is 0 Å². The van der Waals surface area contributed by atoms with Crippen LogP contribution in [0.5, 0.6) is 23.0 Å². The van der Waals surface area contributed by atoms with E-state index in [9.17, 15) is 15.3 Å². The summed E-state index contributed by atoms with van der Waals surface area (Å²) in [5, 5.41) is 28.6. The summed E-state index contributed by atoms with van der Waals surface area (Å²) >= 11 is 0. The highest BCUT2D eigenvalue weighted by atomic mass is 19.0. The van der Waals surface area contributed by atoms with Gasteiger partial charge in [-0.25, -0.2) is 0 Å². The van der Waals surface area contributed by atoms with Gasteiger partial charge in [0.1, 0.15) is 23.0 Å². The van der Waals surface area contributed by atoms with Crippen LogP contribution in [0.1, 0.15) is 48.7 Å². The Morgan fingerprint density at radius 3 is 1.95 bits per heavy atom. The highest BCUT2D eigenvalue weighted by Gasteiger charge is 2.22. The van der Waals surface area contributed by atoms with E-state index < -0.39 is 0 Å². The predicted octanol–water partition coefficient (Wildman–Crippen LogP) is 8.01. The quantitative estimate of drug-likeness (QED) is 0.137. The van der Waals surface area contributed by atoms with E-state index in [4.69, 9.17) is 4.74 Å². The largest absolute Gasteiger partial charge is 0.508 e. The van der Waals surface area contributed by atoms with Gasteiger partial charge in [0.15, 0.2) is 6.21 Å². The second-order valence-corrected chi connectivity index (χ2v) is 9.08. The summed E-state index contributed by atoms with van der Waals surface area (Å²) in [7, 11) is 0. The van der Waals surface area contributed by atoms with Gasteiger partial charge in [0.05, 0.1) is 11.3 Å². The Morgan fingerprint density at radius 1 is 0.775 bits per heavy atom. The Kier molecular flexibility index (Phi) is 11.4.